The molecule has 0 radical (unpaired) electrons. The average molecular weight is 251 g/mol. The van der Waals surface area contributed by atoms with Crippen molar-refractivity contribution in [2.24, 2.45) is 0 Å². The molecule has 3 heteroatoms. The molecule has 0 unspecified atom stereocenters. The maximum atomic E-state index is 9.57. The van der Waals surface area contributed by atoms with E-state index in [9.17, 15) is 5.11 Å². The summed E-state index contributed by atoms with van der Waals surface area (Å²) in [6, 6.07) is 8.10. The van der Waals surface area contributed by atoms with E-state index < -0.39 is 5.60 Å². The highest BCUT2D eigenvalue weighted by atomic mass is 16.5. The highest BCUT2D eigenvalue weighted by molar-refractivity contribution is 5.27. The monoisotopic (exact) mass is 251 g/mol. The Morgan fingerprint density at radius 1 is 1.22 bits per heavy atom. The van der Waals surface area contributed by atoms with Gasteiger partial charge >= 0.3 is 0 Å². The molecule has 1 aromatic carbocycles. The zero-order valence-corrected chi connectivity index (χ0v) is 11.7. The Labute approximate surface area is 110 Å². The molecular weight excluding hydrogens is 226 g/mol. The third kappa shape index (κ3) is 6.62. The smallest absolute Gasteiger partial charge is 0.119 e. The van der Waals surface area contributed by atoms with Crippen molar-refractivity contribution in [3.63, 3.8) is 0 Å². The van der Waals surface area contributed by atoms with Crippen LogP contribution in [0.4, 0.5) is 0 Å². The molecule has 0 fully saturated rings. The molecule has 0 saturated heterocycles. The molecular formula is C15H25NO2. The predicted molar refractivity (Wildman–Crippen MR) is 74.8 cm³/mol. The fourth-order valence-electron chi connectivity index (χ4n) is 1.53. The van der Waals surface area contributed by atoms with Gasteiger partial charge in [0.1, 0.15) is 5.75 Å². The minimum absolute atomic E-state index is 0.539. The van der Waals surface area contributed by atoms with Crippen LogP contribution in [0.1, 0.15) is 39.2 Å². The van der Waals surface area contributed by atoms with Gasteiger partial charge in [0.2, 0.25) is 0 Å². The molecule has 0 heterocycles. The predicted octanol–water partition coefficient (Wildman–Crippen LogP) is 2.73. The zero-order valence-electron chi connectivity index (χ0n) is 11.7. The highest BCUT2D eigenvalue weighted by Crippen LogP contribution is 2.14. The van der Waals surface area contributed by atoms with Crippen molar-refractivity contribution in [2.75, 3.05) is 13.2 Å². The summed E-state index contributed by atoms with van der Waals surface area (Å²) in [4.78, 5) is 0. The van der Waals surface area contributed by atoms with Crippen LogP contribution in [0.25, 0.3) is 0 Å². The molecule has 0 aliphatic heterocycles. The van der Waals surface area contributed by atoms with Gasteiger partial charge in [0.25, 0.3) is 0 Å². The lowest BCUT2D eigenvalue weighted by Gasteiger charge is -2.17. The SMILES string of the molecule is CCCNCc1ccc(OCCC(C)(C)O)cc1. The molecule has 1 rings (SSSR count). The van der Waals surface area contributed by atoms with Gasteiger partial charge in [-0.15, -0.1) is 0 Å². The lowest BCUT2D eigenvalue weighted by molar-refractivity contribution is 0.0553. The van der Waals surface area contributed by atoms with Crippen molar-refractivity contribution in [2.45, 2.75) is 45.8 Å². The van der Waals surface area contributed by atoms with Crippen LogP contribution in [0.3, 0.4) is 0 Å². The van der Waals surface area contributed by atoms with Gasteiger partial charge in [-0.2, -0.15) is 0 Å². The number of aliphatic hydroxyl groups is 1. The Balaban J connectivity index is 2.31. The summed E-state index contributed by atoms with van der Waals surface area (Å²) in [7, 11) is 0. The van der Waals surface area contributed by atoms with Gasteiger partial charge in [-0.3, -0.25) is 0 Å². The van der Waals surface area contributed by atoms with Crippen LogP contribution in [-0.4, -0.2) is 23.9 Å². The van der Waals surface area contributed by atoms with E-state index in [1.54, 1.807) is 13.8 Å². The summed E-state index contributed by atoms with van der Waals surface area (Å²) in [6.45, 7) is 8.23. The Bertz CT molecular complexity index is 327. The molecule has 2 N–H and O–H groups in total. The minimum Gasteiger partial charge on any atom is -0.493 e. The van der Waals surface area contributed by atoms with E-state index in [-0.39, 0.29) is 0 Å². The van der Waals surface area contributed by atoms with Crippen LogP contribution in [0.2, 0.25) is 0 Å². The summed E-state index contributed by atoms with van der Waals surface area (Å²) < 4.78 is 5.58. The summed E-state index contributed by atoms with van der Waals surface area (Å²) >= 11 is 0. The van der Waals surface area contributed by atoms with Gasteiger partial charge in [0, 0.05) is 13.0 Å². The van der Waals surface area contributed by atoms with Crippen molar-refractivity contribution in [1.29, 1.82) is 0 Å². The molecule has 0 saturated carbocycles. The second-order valence-electron chi connectivity index (χ2n) is 5.23. The Morgan fingerprint density at radius 3 is 2.44 bits per heavy atom. The molecule has 0 bridgehead atoms. The molecule has 0 aliphatic rings. The Hall–Kier alpha value is -1.06. The first-order chi connectivity index (χ1) is 8.51. The number of nitrogens with one attached hydrogen (secondary N) is 1. The largest absolute Gasteiger partial charge is 0.493 e. The molecule has 1 aromatic rings. The van der Waals surface area contributed by atoms with E-state index in [2.05, 4.69) is 24.4 Å². The Kier molecular flexibility index (Phi) is 6.16. The van der Waals surface area contributed by atoms with Gasteiger partial charge in [0.05, 0.1) is 12.2 Å². The highest BCUT2D eigenvalue weighted by Gasteiger charge is 2.11. The summed E-state index contributed by atoms with van der Waals surface area (Å²) in [6.07, 6.45) is 1.78. The standard InChI is InChI=1S/C15H25NO2/c1-4-10-16-12-13-5-7-14(8-6-13)18-11-9-15(2,3)17/h5-8,16-17H,4,9-12H2,1-3H3. The van der Waals surface area contributed by atoms with Crippen LogP contribution in [-0.2, 0) is 6.54 Å². The first-order valence-electron chi connectivity index (χ1n) is 6.66. The first-order valence-corrected chi connectivity index (χ1v) is 6.66. The van der Waals surface area contributed by atoms with E-state index in [0.29, 0.717) is 13.0 Å². The minimum atomic E-state index is -0.663. The third-order valence-electron chi connectivity index (χ3n) is 2.66. The van der Waals surface area contributed by atoms with Crippen molar-refractivity contribution in [3.05, 3.63) is 29.8 Å². The molecule has 18 heavy (non-hydrogen) atoms. The quantitative estimate of drug-likeness (QED) is 0.698. The fraction of sp³-hybridized carbons (Fsp3) is 0.600. The summed E-state index contributed by atoms with van der Waals surface area (Å²) in [5, 5.41) is 12.9. The van der Waals surface area contributed by atoms with Crippen LogP contribution in [0.5, 0.6) is 5.75 Å². The fourth-order valence-corrected chi connectivity index (χ4v) is 1.53. The van der Waals surface area contributed by atoms with Gasteiger partial charge in [-0.05, 0) is 44.5 Å². The number of benzene rings is 1. The molecule has 0 aromatic heterocycles. The average Bonchev–Trinajstić information content (AvgIpc) is 2.30. The van der Waals surface area contributed by atoms with E-state index in [1.807, 2.05) is 12.1 Å². The summed E-state index contributed by atoms with van der Waals surface area (Å²) in [5.74, 6) is 0.860. The van der Waals surface area contributed by atoms with E-state index in [4.69, 9.17) is 4.74 Å². The Morgan fingerprint density at radius 2 is 1.89 bits per heavy atom. The topological polar surface area (TPSA) is 41.5 Å². The number of rotatable bonds is 8. The first kappa shape index (κ1) is 15.0. The van der Waals surface area contributed by atoms with Crippen LogP contribution in [0, 0.1) is 0 Å². The number of hydrogen-bond donors (Lipinski definition) is 2. The van der Waals surface area contributed by atoms with Crippen molar-refractivity contribution < 1.29 is 9.84 Å². The molecule has 0 atom stereocenters. The third-order valence-corrected chi connectivity index (χ3v) is 2.66. The zero-order chi connectivity index (χ0) is 13.4. The van der Waals surface area contributed by atoms with E-state index in [1.165, 1.54) is 5.56 Å². The summed E-state index contributed by atoms with van der Waals surface area (Å²) in [5.41, 5.74) is 0.600. The van der Waals surface area contributed by atoms with E-state index >= 15 is 0 Å². The lowest BCUT2D eigenvalue weighted by atomic mass is 10.1. The van der Waals surface area contributed by atoms with E-state index in [0.717, 1.165) is 25.3 Å². The van der Waals surface area contributed by atoms with Crippen molar-refractivity contribution >= 4 is 0 Å². The van der Waals surface area contributed by atoms with Gasteiger partial charge in [-0.1, -0.05) is 19.1 Å². The van der Waals surface area contributed by atoms with Gasteiger partial charge in [-0.25, -0.2) is 0 Å². The normalized spacial score (nSPS) is 11.6. The van der Waals surface area contributed by atoms with Crippen LogP contribution in [0.15, 0.2) is 24.3 Å². The lowest BCUT2D eigenvalue weighted by Crippen LogP contribution is -2.21. The molecule has 0 spiro atoms. The van der Waals surface area contributed by atoms with Crippen molar-refractivity contribution in [3.8, 4) is 5.75 Å². The number of ether oxygens (including phenoxy) is 1. The second kappa shape index (κ2) is 7.39. The molecule has 102 valence electrons. The second-order valence-corrected chi connectivity index (χ2v) is 5.23. The molecule has 0 aliphatic carbocycles. The van der Waals surface area contributed by atoms with Crippen LogP contribution >= 0.6 is 0 Å². The number of hydrogen-bond acceptors (Lipinski definition) is 3. The molecule has 0 amide bonds. The van der Waals surface area contributed by atoms with Gasteiger partial charge in [0.15, 0.2) is 0 Å². The van der Waals surface area contributed by atoms with Crippen LogP contribution < -0.4 is 10.1 Å². The maximum Gasteiger partial charge on any atom is 0.119 e. The maximum absolute atomic E-state index is 9.57. The van der Waals surface area contributed by atoms with Crippen molar-refractivity contribution in [1.82, 2.24) is 5.32 Å². The molecule has 3 nitrogen and oxygen atoms in total. The van der Waals surface area contributed by atoms with Gasteiger partial charge < -0.3 is 15.2 Å².